The van der Waals surface area contributed by atoms with E-state index >= 15 is 0 Å². The number of hydrogen-bond donors (Lipinski definition) is 1. The first kappa shape index (κ1) is 17.5. The maximum Gasteiger partial charge on any atom is 0.310 e. The summed E-state index contributed by atoms with van der Waals surface area (Å²) < 4.78 is 5.09. The minimum absolute atomic E-state index is 0.192. The van der Waals surface area contributed by atoms with Crippen LogP contribution in [0.25, 0.3) is 0 Å². The van der Waals surface area contributed by atoms with Crippen molar-refractivity contribution in [3.63, 3.8) is 0 Å². The SMILES string of the molecule is Cc1ccc(CC(=O)OCC(=O)N[C@H]2CCC[C@H](C)[C@@H]2C)cc1. The van der Waals surface area contributed by atoms with Crippen LogP contribution in [0, 0.1) is 18.8 Å². The first-order valence-corrected chi connectivity index (χ1v) is 8.46. The van der Waals surface area contributed by atoms with Crippen LogP contribution in [0.1, 0.15) is 44.2 Å². The summed E-state index contributed by atoms with van der Waals surface area (Å²) in [5, 5.41) is 3.01. The van der Waals surface area contributed by atoms with E-state index in [1.807, 2.05) is 31.2 Å². The van der Waals surface area contributed by atoms with Crippen LogP contribution in [-0.2, 0) is 20.7 Å². The molecule has 1 N–H and O–H groups in total. The van der Waals surface area contributed by atoms with Crippen LogP contribution in [0.2, 0.25) is 0 Å². The Bertz CT molecular complexity index is 538. The molecule has 2 rings (SSSR count). The normalized spacial score (nSPS) is 24.0. The number of aryl methyl sites for hydroxylation is 1. The van der Waals surface area contributed by atoms with Crippen molar-refractivity contribution in [1.29, 1.82) is 0 Å². The molecule has 23 heavy (non-hydrogen) atoms. The molecule has 3 atom stereocenters. The minimum Gasteiger partial charge on any atom is -0.455 e. The fourth-order valence-electron chi connectivity index (χ4n) is 3.10. The van der Waals surface area contributed by atoms with Crippen molar-refractivity contribution in [3.05, 3.63) is 35.4 Å². The van der Waals surface area contributed by atoms with Crippen LogP contribution in [0.5, 0.6) is 0 Å². The number of carbonyl (C=O) groups excluding carboxylic acids is 2. The van der Waals surface area contributed by atoms with E-state index in [4.69, 9.17) is 4.74 Å². The zero-order chi connectivity index (χ0) is 16.8. The number of benzene rings is 1. The smallest absolute Gasteiger partial charge is 0.310 e. The minimum atomic E-state index is -0.367. The van der Waals surface area contributed by atoms with Crippen LogP contribution in [-0.4, -0.2) is 24.5 Å². The molecular weight excluding hydrogens is 290 g/mol. The molecule has 1 aromatic rings. The van der Waals surface area contributed by atoms with Gasteiger partial charge in [-0.15, -0.1) is 0 Å². The highest BCUT2D eigenvalue weighted by Crippen LogP contribution is 2.29. The lowest BCUT2D eigenvalue weighted by molar-refractivity contribution is -0.148. The molecule has 0 saturated heterocycles. The molecular formula is C19H27NO3. The van der Waals surface area contributed by atoms with Gasteiger partial charge in [-0.2, -0.15) is 0 Å². The van der Waals surface area contributed by atoms with Crippen molar-refractivity contribution < 1.29 is 14.3 Å². The van der Waals surface area contributed by atoms with Crippen molar-refractivity contribution in [3.8, 4) is 0 Å². The zero-order valence-electron chi connectivity index (χ0n) is 14.3. The number of amides is 1. The van der Waals surface area contributed by atoms with Gasteiger partial charge in [-0.25, -0.2) is 0 Å². The number of rotatable bonds is 5. The fraction of sp³-hybridized carbons (Fsp3) is 0.579. The van der Waals surface area contributed by atoms with Gasteiger partial charge in [0.15, 0.2) is 6.61 Å². The number of carbonyl (C=O) groups is 2. The average Bonchev–Trinajstić information content (AvgIpc) is 2.52. The molecule has 4 heteroatoms. The Kier molecular flexibility index (Phi) is 6.20. The molecule has 1 fully saturated rings. The molecule has 0 bridgehead atoms. The molecule has 1 amide bonds. The first-order chi connectivity index (χ1) is 11.0. The van der Waals surface area contributed by atoms with Gasteiger partial charge in [0.05, 0.1) is 6.42 Å². The van der Waals surface area contributed by atoms with Crippen molar-refractivity contribution in [1.82, 2.24) is 5.32 Å². The zero-order valence-corrected chi connectivity index (χ0v) is 14.3. The maximum absolute atomic E-state index is 12.0. The third kappa shape index (κ3) is 5.38. The summed E-state index contributed by atoms with van der Waals surface area (Å²) in [6.07, 6.45) is 3.57. The van der Waals surface area contributed by atoms with Gasteiger partial charge in [0, 0.05) is 6.04 Å². The summed E-state index contributed by atoms with van der Waals surface area (Å²) in [5.74, 6) is 0.524. The van der Waals surface area contributed by atoms with Gasteiger partial charge in [-0.3, -0.25) is 9.59 Å². The van der Waals surface area contributed by atoms with Gasteiger partial charge < -0.3 is 10.1 Å². The lowest BCUT2D eigenvalue weighted by Gasteiger charge is -2.34. The quantitative estimate of drug-likeness (QED) is 0.849. The van der Waals surface area contributed by atoms with Crippen molar-refractivity contribution in [2.75, 3.05) is 6.61 Å². The molecule has 0 spiro atoms. The molecule has 0 aliphatic heterocycles. The van der Waals surface area contributed by atoms with Crippen molar-refractivity contribution >= 4 is 11.9 Å². The van der Waals surface area contributed by atoms with Crippen LogP contribution >= 0.6 is 0 Å². The first-order valence-electron chi connectivity index (χ1n) is 8.46. The van der Waals surface area contributed by atoms with E-state index in [-0.39, 0.29) is 30.9 Å². The second-order valence-electron chi connectivity index (χ2n) is 6.76. The predicted molar refractivity (Wildman–Crippen MR) is 90.0 cm³/mol. The second-order valence-corrected chi connectivity index (χ2v) is 6.76. The average molecular weight is 317 g/mol. The van der Waals surface area contributed by atoms with E-state index in [2.05, 4.69) is 19.2 Å². The van der Waals surface area contributed by atoms with Crippen LogP contribution in [0.15, 0.2) is 24.3 Å². The van der Waals surface area contributed by atoms with Gasteiger partial charge in [-0.05, 0) is 30.7 Å². The Morgan fingerprint density at radius 3 is 2.57 bits per heavy atom. The Morgan fingerprint density at radius 2 is 1.87 bits per heavy atom. The topological polar surface area (TPSA) is 55.4 Å². The number of nitrogens with one attached hydrogen (secondary N) is 1. The lowest BCUT2D eigenvalue weighted by atomic mass is 9.78. The van der Waals surface area contributed by atoms with Crippen LogP contribution < -0.4 is 5.32 Å². The highest BCUT2D eigenvalue weighted by Gasteiger charge is 2.28. The molecule has 0 unspecified atom stereocenters. The fourth-order valence-corrected chi connectivity index (χ4v) is 3.10. The summed E-state index contributed by atoms with van der Waals surface area (Å²) in [7, 11) is 0. The molecule has 1 aliphatic carbocycles. The van der Waals surface area contributed by atoms with E-state index in [1.54, 1.807) is 0 Å². The lowest BCUT2D eigenvalue weighted by Crippen LogP contribution is -2.45. The number of ether oxygens (including phenoxy) is 1. The van der Waals surface area contributed by atoms with Crippen LogP contribution in [0.4, 0.5) is 0 Å². The van der Waals surface area contributed by atoms with Crippen molar-refractivity contribution in [2.24, 2.45) is 11.8 Å². The summed E-state index contributed by atoms with van der Waals surface area (Å²) in [4.78, 5) is 23.8. The summed E-state index contributed by atoms with van der Waals surface area (Å²) in [6.45, 7) is 6.21. The predicted octanol–water partition coefficient (Wildman–Crippen LogP) is 3.02. The molecule has 126 valence electrons. The van der Waals surface area contributed by atoms with Gasteiger partial charge in [0.25, 0.3) is 5.91 Å². The molecule has 1 saturated carbocycles. The Morgan fingerprint density at radius 1 is 1.17 bits per heavy atom. The Labute approximate surface area is 138 Å². The molecule has 0 heterocycles. The van der Waals surface area contributed by atoms with Gasteiger partial charge in [0.2, 0.25) is 0 Å². The highest BCUT2D eigenvalue weighted by molar-refractivity contribution is 5.81. The number of esters is 1. The Balaban J connectivity index is 1.73. The van der Waals surface area contributed by atoms with E-state index in [1.165, 1.54) is 6.42 Å². The van der Waals surface area contributed by atoms with Gasteiger partial charge in [0.1, 0.15) is 0 Å². The number of hydrogen-bond acceptors (Lipinski definition) is 3. The highest BCUT2D eigenvalue weighted by atomic mass is 16.5. The second kappa shape index (κ2) is 8.14. The summed E-state index contributed by atoms with van der Waals surface area (Å²) in [6, 6.07) is 7.92. The standard InChI is InChI=1S/C19H27NO3/c1-13-7-9-16(10-8-13)11-19(22)23-12-18(21)20-17-6-4-5-14(2)15(17)3/h7-10,14-15,17H,4-6,11-12H2,1-3H3,(H,20,21)/t14-,15-,17-/m0/s1. The molecule has 0 aromatic heterocycles. The van der Waals surface area contributed by atoms with Crippen molar-refractivity contribution in [2.45, 2.75) is 52.5 Å². The van der Waals surface area contributed by atoms with E-state index < -0.39 is 0 Å². The van der Waals surface area contributed by atoms with Crippen LogP contribution in [0.3, 0.4) is 0 Å². The van der Waals surface area contributed by atoms with E-state index in [9.17, 15) is 9.59 Å². The Hall–Kier alpha value is -1.84. The third-order valence-corrected chi connectivity index (χ3v) is 4.89. The molecule has 4 nitrogen and oxygen atoms in total. The third-order valence-electron chi connectivity index (χ3n) is 4.89. The maximum atomic E-state index is 12.0. The van der Waals surface area contributed by atoms with E-state index in [0.29, 0.717) is 11.8 Å². The van der Waals surface area contributed by atoms with Gasteiger partial charge >= 0.3 is 5.97 Å². The molecule has 0 radical (unpaired) electrons. The molecule has 1 aliphatic rings. The van der Waals surface area contributed by atoms with Gasteiger partial charge in [-0.1, -0.05) is 56.5 Å². The summed E-state index contributed by atoms with van der Waals surface area (Å²) >= 11 is 0. The molecule has 1 aromatic carbocycles. The monoisotopic (exact) mass is 317 g/mol. The van der Waals surface area contributed by atoms with E-state index in [0.717, 1.165) is 24.0 Å². The summed E-state index contributed by atoms with van der Waals surface area (Å²) in [5.41, 5.74) is 2.05. The largest absolute Gasteiger partial charge is 0.455 e.